The van der Waals surface area contributed by atoms with Gasteiger partial charge in [-0.3, -0.25) is 19.4 Å². The molecule has 6 nitrogen and oxygen atoms in total. The first-order valence-electron chi connectivity index (χ1n) is 5.40. The average Bonchev–Trinajstić information content (AvgIpc) is 2.81. The number of hydrogen-bond donors (Lipinski definition) is 1. The van der Waals surface area contributed by atoms with E-state index < -0.39 is 6.03 Å². The van der Waals surface area contributed by atoms with Crippen LogP contribution in [-0.4, -0.2) is 27.9 Å². The molecule has 2 aromatic rings. The highest BCUT2D eigenvalue weighted by atomic mass is 79.9. The minimum atomic E-state index is -0.399. The Morgan fingerprint density at radius 1 is 1.33 bits per heavy atom. The van der Waals surface area contributed by atoms with Crippen molar-refractivity contribution in [2.45, 2.75) is 6.42 Å². The summed E-state index contributed by atoms with van der Waals surface area (Å²) in [5.41, 5.74) is 0.734. The molecular weight excluding hydrogens is 300 g/mol. The molecule has 92 valence electrons. The molecule has 0 aromatic carbocycles. The molecule has 0 saturated carbocycles. The summed E-state index contributed by atoms with van der Waals surface area (Å²) in [7, 11) is 0. The van der Waals surface area contributed by atoms with Gasteiger partial charge >= 0.3 is 6.03 Å². The van der Waals surface area contributed by atoms with Gasteiger partial charge in [0.15, 0.2) is 5.65 Å². The Bertz CT molecular complexity index is 652. The summed E-state index contributed by atoms with van der Waals surface area (Å²) in [5, 5.41) is 2.30. The van der Waals surface area contributed by atoms with Crippen LogP contribution in [0.1, 0.15) is 6.42 Å². The topological polar surface area (TPSA) is 66.7 Å². The van der Waals surface area contributed by atoms with E-state index in [1.165, 1.54) is 4.90 Å². The van der Waals surface area contributed by atoms with Gasteiger partial charge in [0.2, 0.25) is 5.91 Å². The second-order valence-electron chi connectivity index (χ2n) is 3.92. The van der Waals surface area contributed by atoms with Gasteiger partial charge in [-0.15, -0.1) is 0 Å². The highest BCUT2D eigenvalue weighted by Gasteiger charge is 2.25. The maximum atomic E-state index is 11.8. The fourth-order valence-corrected chi connectivity index (χ4v) is 2.40. The molecule has 7 heteroatoms. The predicted molar refractivity (Wildman–Crippen MR) is 68.4 cm³/mol. The Balaban J connectivity index is 2.09. The van der Waals surface area contributed by atoms with Gasteiger partial charge in [-0.1, -0.05) is 0 Å². The molecular formula is C11H9BrN4O2. The normalized spacial score (nSPS) is 16.2. The largest absolute Gasteiger partial charge is 0.329 e. The fourth-order valence-electron chi connectivity index (χ4n) is 1.97. The summed E-state index contributed by atoms with van der Waals surface area (Å²) < 4.78 is 2.66. The summed E-state index contributed by atoms with van der Waals surface area (Å²) in [6, 6.07) is 3.25. The number of amides is 3. The number of carbonyl (C=O) groups excluding carboxylic acids is 2. The van der Waals surface area contributed by atoms with Crippen LogP contribution in [-0.2, 0) is 4.79 Å². The van der Waals surface area contributed by atoms with Gasteiger partial charge in [-0.2, -0.15) is 0 Å². The van der Waals surface area contributed by atoms with Crippen LogP contribution in [0.15, 0.2) is 29.0 Å². The van der Waals surface area contributed by atoms with Gasteiger partial charge in [0.1, 0.15) is 5.82 Å². The first-order chi connectivity index (χ1) is 8.66. The molecule has 0 aliphatic carbocycles. The quantitative estimate of drug-likeness (QED) is 0.869. The number of urea groups is 1. The van der Waals surface area contributed by atoms with Crippen LogP contribution >= 0.6 is 15.9 Å². The summed E-state index contributed by atoms with van der Waals surface area (Å²) in [4.78, 5) is 28.7. The van der Waals surface area contributed by atoms with Crippen molar-refractivity contribution in [1.82, 2.24) is 14.7 Å². The molecule has 18 heavy (non-hydrogen) atoms. The number of carbonyl (C=O) groups is 2. The van der Waals surface area contributed by atoms with Crippen molar-refractivity contribution in [3.05, 3.63) is 29.0 Å². The van der Waals surface area contributed by atoms with Crippen LogP contribution < -0.4 is 10.2 Å². The van der Waals surface area contributed by atoms with Crippen LogP contribution in [0.2, 0.25) is 0 Å². The van der Waals surface area contributed by atoms with Gasteiger partial charge in [-0.25, -0.2) is 9.78 Å². The number of nitrogens with one attached hydrogen (secondary N) is 1. The second-order valence-corrected chi connectivity index (χ2v) is 4.77. The van der Waals surface area contributed by atoms with E-state index in [0.717, 1.165) is 10.1 Å². The van der Waals surface area contributed by atoms with E-state index in [4.69, 9.17) is 0 Å². The molecule has 2 aromatic heterocycles. The number of anilines is 1. The number of fused-ring (bicyclic) bond motifs is 1. The molecule has 1 aliphatic rings. The van der Waals surface area contributed by atoms with Crippen molar-refractivity contribution in [3.63, 3.8) is 0 Å². The van der Waals surface area contributed by atoms with Crippen LogP contribution in [0.3, 0.4) is 0 Å². The minimum Gasteiger partial charge on any atom is -0.285 e. The Morgan fingerprint density at radius 2 is 2.17 bits per heavy atom. The number of nitrogens with zero attached hydrogens (tertiary/aromatic N) is 3. The monoisotopic (exact) mass is 308 g/mol. The van der Waals surface area contributed by atoms with Crippen molar-refractivity contribution in [2.24, 2.45) is 0 Å². The lowest BCUT2D eigenvalue weighted by Gasteiger charge is -2.27. The molecule has 0 atom stereocenters. The van der Waals surface area contributed by atoms with E-state index in [-0.39, 0.29) is 5.91 Å². The summed E-state index contributed by atoms with van der Waals surface area (Å²) in [6.07, 6.45) is 3.74. The standard InChI is InChI=1S/C11H9BrN4O2/c12-7-1-2-9(15-6-4-13-10(7)15)16-5-3-8(17)14-11(16)18/h1-2,4,6H,3,5H2,(H,14,17,18). The number of pyridine rings is 1. The van der Waals surface area contributed by atoms with Crippen LogP contribution in [0, 0.1) is 0 Å². The van der Waals surface area contributed by atoms with E-state index in [2.05, 4.69) is 26.2 Å². The van der Waals surface area contributed by atoms with Gasteiger partial charge in [0.05, 0.1) is 4.47 Å². The zero-order valence-corrected chi connectivity index (χ0v) is 10.8. The van der Waals surface area contributed by atoms with E-state index >= 15 is 0 Å². The Kier molecular flexibility index (Phi) is 2.55. The molecule has 0 bridgehead atoms. The second kappa shape index (κ2) is 4.09. The van der Waals surface area contributed by atoms with E-state index in [1.807, 2.05) is 12.1 Å². The predicted octanol–water partition coefficient (Wildman–Crippen LogP) is 1.54. The van der Waals surface area contributed by atoms with E-state index in [1.54, 1.807) is 16.8 Å². The molecule has 3 rings (SSSR count). The number of halogens is 1. The van der Waals surface area contributed by atoms with Crippen molar-refractivity contribution < 1.29 is 9.59 Å². The van der Waals surface area contributed by atoms with Crippen molar-refractivity contribution >= 4 is 39.3 Å². The number of hydrogen-bond acceptors (Lipinski definition) is 3. The molecule has 1 saturated heterocycles. The van der Waals surface area contributed by atoms with E-state index in [0.29, 0.717) is 18.8 Å². The Morgan fingerprint density at radius 3 is 2.94 bits per heavy atom. The lowest BCUT2D eigenvalue weighted by atomic mass is 10.3. The van der Waals surface area contributed by atoms with Crippen LogP contribution in [0.4, 0.5) is 10.6 Å². The van der Waals surface area contributed by atoms with Crippen molar-refractivity contribution in [2.75, 3.05) is 11.4 Å². The molecule has 1 aliphatic heterocycles. The van der Waals surface area contributed by atoms with E-state index in [9.17, 15) is 9.59 Å². The fraction of sp³-hybridized carbons (Fsp3) is 0.182. The lowest BCUT2D eigenvalue weighted by Crippen LogP contribution is -2.50. The van der Waals surface area contributed by atoms with Crippen molar-refractivity contribution in [1.29, 1.82) is 0 Å². The van der Waals surface area contributed by atoms with Gasteiger partial charge in [0, 0.05) is 25.4 Å². The number of imide groups is 1. The molecule has 3 amide bonds. The third-order valence-corrected chi connectivity index (χ3v) is 3.43. The third kappa shape index (κ3) is 1.67. The number of imidazole rings is 1. The maximum absolute atomic E-state index is 11.8. The molecule has 0 spiro atoms. The van der Waals surface area contributed by atoms with Gasteiger partial charge < -0.3 is 0 Å². The smallest absolute Gasteiger partial charge is 0.285 e. The SMILES string of the molecule is O=C1CCN(c2ccc(Br)c3nccn23)C(=O)N1. The molecule has 3 heterocycles. The summed E-state index contributed by atoms with van der Waals surface area (Å²) in [5.74, 6) is 0.450. The molecule has 1 fully saturated rings. The van der Waals surface area contributed by atoms with Crippen LogP contribution in [0.5, 0.6) is 0 Å². The van der Waals surface area contributed by atoms with Crippen molar-refractivity contribution in [3.8, 4) is 0 Å². The third-order valence-electron chi connectivity index (χ3n) is 2.81. The first-order valence-corrected chi connectivity index (χ1v) is 6.19. The molecule has 0 radical (unpaired) electrons. The van der Waals surface area contributed by atoms with Gasteiger partial charge in [0.25, 0.3) is 0 Å². The minimum absolute atomic E-state index is 0.241. The summed E-state index contributed by atoms with van der Waals surface area (Å²) >= 11 is 3.40. The Hall–Kier alpha value is -1.89. The summed E-state index contributed by atoms with van der Waals surface area (Å²) in [6.45, 7) is 0.375. The zero-order valence-electron chi connectivity index (χ0n) is 9.26. The maximum Gasteiger partial charge on any atom is 0.329 e. The number of rotatable bonds is 1. The zero-order chi connectivity index (χ0) is 12.7. The molecule has 1 N–H and O–H groups in total. The van der Waals surface area contributed by atoms with Crippen LogP contribution in [0.25, 0.3) is 5.65 Å². The average molecular weight is 309 g/mol. The number of aromatic nitrogens is 2. The highest BCUT2D eigenvalue weighted by molar-refractivity contribution is 9.10. The highest BCUT2D eigenvalue weighted by Crippen LogP contribution is 2.24. The Labute approximate surface area is 111 Å². The first kappa shape index (κ1) is 11.2. The molecule has 0 unspecified atom stereocenters. The van der Waals surface area contributed by atoms with Gasteiger partial charge in [-0.05, 0) is 28.1 Å². The lowest BCUT2D eigenvalue weighted by molar-refractivity contribution is -0.120.